The lowest BCUT2D eigenvalue weighted by atomic mass is 9.83. The van der Waals surface area contributed by atoms with Crippen LogP contribution >= 0.6 is 0 Å². The summed E-state index contributed by atoms with van der Waals surface area (Å²) in [4.78, 5) is 10.9. The number of halogens is 5. The molecule has 0 heterocycles. The molecule has 0 aromatic heterocycles. The van der Waals surface area contributed by atoms with Crippen LogP contribution in [-0.4, -0.2) is 18.2 Å². The predicted octanol–water partition coefficient (Wildman–Crippen LogP) is 6.51. The molecule has 0 unspecified atom stereocenters. The second-order valence-corrected chi connectivity index (χ2v) is 7.62. The molecular weight excluding hydrogens is 419 g/mol. The van der Waals surface area contributed by atoms with Gasteiger partial charge in [-0.05, 0) is 73.4 Å². The van der Waals surface area contributed by atoms with Crippen molar-refractivity contribution < 1.29 is 36.2 Å². The second-order valence-electron chi connectivity index (χ2n) is 7.62. The molecule has 0 amide bonds. The molecule has 1 saturated carbocycles. The van der Waals surface area contributed by atoms with Gasteiger partial charge < -0.3 is 9.47 Å². The molecular formula is C23H23F5O3. The minimum absolute atomic E-state index is 0.0149. The summed E-state index contributed by atoms with van der Waals surface area (Å²) in [5.74, 6) is -2.10. The maximum absolute atomic E-state index is 14.4. The summed E-state index contributed by atoms with van der Waals surface area (Å²) in [7, 11) is 0. The van der Waals surface area contributed by atoms with E-state index in [1.807, 2.05) is 6.92 Å². The number of hydrogen-bond donors (Lipinski definition) is 0. The summed E-state index contributed by atoms with van der Waals surface area (Å²) in [6, 6.07) is 12.2. The Labute approximate surface area is 177 Å². The van der Waals surface area contributed by atoms with Gasteiger partial charge in [-0.1, -0.05) is 31.2 Å². The molecule has 168 valence electrons. The lowest BCUT2D eigenvalue weighted by Crippen LogP contribution is -2.32. The van der Waals surface area contributed by atoms with Gasteiger partial charge in [-0.2, -0.15) is 22.0 Å². The SMILES string of the molecule is CCc1ccc(C(F)(F)Oc2ccc(C3CCC(OC(=O)C(F)(F)F)CC3)cc2)cc1. The van der Waals surface area contributed by atoms with Crippen molar-refractivity contribution in [1.82, 2.24) is 0 Å². The van der Waals surface area contributed by atoms with Gasteiger partial charge in [-0.15, -0.1) is 0 Å². The fourth-order valence-corrected chi connectivity index (χ4v) is 3.68. The molecule has 0 atom stereocenters. The molecule has 31 heavy (non-hydrogen) atoms. The Kier molecular flexibility index (Phi) is 6.86. The van der Waals surface area contributed by atoms with Gasteiger partial charge in [0.2, 0.25) is 0 Å². The molecule has 1 aliphatic rings. The standard InChI is InChI=1S/C23H23F5O3/c1-2-15-3-9-18(10-4-15)23(27,28)31-20-13-7-17(8-14-20)16-5-11-19(12-6-16)30-21(29)22(24,25)26/h3-4,7-10,13-14,16,19H,2,5-6,11-12H2,1H3. The maximum atomic E-state index is 14.4. The van der Waals surface area contributed by atoms with E-state index in [1.54, 1.807) is 24.3 Å². The summed E-state index contributed by atoms with van der Waals surface area (Å²) >= 11 is 0. The van der Waals surface area contributed by atoms with Gasteiger partial charge in [-0.25, -0.2) is 4.79 Å². The summed E-state index contributed by atoms with van der Waals surface area (Å²) in [5, 5.41) is 0. The normalized spacial score (nSPS) is 19.7. The highest BCUT2D eigenvalue weighted by Gasteiger charge is 2.42. The van der Waals surface area contributed by atoms with E-state index in [-0.39, 0.29) is 17.2 Å². The Morgan fingerprint density at radius 2 is 1.48 bits per heavy atom. The van der Waals surface area contributed by atoms with Gasteiger partial charge >= 0.3 is 18.3 Å². The number of aryl methyl sites for hydroxylation is 1. The van der Waals surface area contributed by atoms with Gasteiger partial charge in [0, 0.05) is 0 Å². The molecule has 0 bridgehead atoms. The van der Waals surface area contributed by atoms with E-state index in [4.69, 9.17) is 4.74 Å². The summed E-state index contributed by atoms with van der Waals surface area (Å²) in [6.07, 6.45) is -6.77. The second kappa shape index (κ2) is 9.24. The van der Waals surface area contributed by atoms with Crippen LogP contribution in [0.1, 0.15) is 55.2 Å². The summed E-state index contributed by atoms with van der Waals surface area (Å²) < 4.78 is 75.2. The highest BCUT2D eigenvalue weighted by molar-refractivity contribution is 5.75. The van der Waals surface area contributed by atoms with Crippen LogP contribution < -0.4 is 4.74 Å². The van der Waals surface area contributed by atoms with Crippen LogP contribution in [0.25, 0.3) is 0 Å². The molecule has 0 N–H and O–H groups in total. The fourth-order valence-electron chi connectivity index (χ4n) is 3.68. The number of carbonyl (C=O) groups is 1. The van der Waals surface area contributed by atoms with Crippen LogP contribution in [0.3, 0.4) is 0 Å². The van der Waals surface area contributed by atoms with Gasteiger partial charge in [-0.3, -0.25) is 0 Å². The Bertz CT molecular complexity index is 868. The van der Waals surface area contributed by atoms with Crippen molar-refractivity contribution in [2.45, 2.75) is 63.3 Å². The predicted molar refractivity (Wildman–Crippen MR) is 104 cm³/mol. The van der Waals surface area contributed by atoms with Crippen molar-refractivity contribution in [3.05, 3.63) is 65.2 Å². The number of alkyl halides is 5. The average Bonchev–Trinajstić information content (AvgIpc) is 2.74. The van der Waals surface area contributed by atoms with E-state index in [1.165, 1.54) is 24.3 Å². The van der Waals surface area contributed by atoms with E-state index in [0.29, 0.717) is 25.7 Å². The first kappa shape index (κ1) is 23.0. The zero-order valence-corrected chi connectivity index (χ0v) is 16.9. The first-order chi connectivity index (χ1) is 14.6. The lowest BCUT2D eigenvalue weighted by molar-refractivity contribution is -0.206. The van der Waals surface area contributed by atoms with Gasteiger partial charge in [0.1, 0.15) is 11.9 Å². The summed E-state index contributed by atoms with van der Waals surface area (Å²) in [5.41, 5.74) is 1.59. The Morgan fingerprint density at radius 3 is 2.00 bits per heavy atom. The third-order valence-corrected chi connectivity index (χ3v) is 5.48. The van der Waals surface area contributed by atoms with Crippen LogP contribution in [-0.2, 0) is 22.1 Å². The Balaban J connectivity index is 1.56. The van der Waals surface area contributed by atoms with E-state index < -0.39 is 24.4 Å². The van der Waals surface area contributed by atoms with Crippen LogP contribution in [0.15, 0.2) is 48.5 Å². The molecule has 8 heteroatoms. The monoisotopic (exact) mass is 442 g/mol. The van der Waals surface area contributed by atoms with Crippen molar-refractivity contribution >= 4 is 5.97 Å². The molecule has 2 aromatic carbocycles. The van der Waals surface area contributed by atoms with Crippen molar-refractivity contribution in [3.63, 3.8) is 0 Å². The number of ether oxygens (including phenoxy) is 2. The first-order valence-corrected chi connectivity index (χ1v) is 10.1. The maximum Gasteiger partial charge on any atom is 0.490 e. The molecule has 3 nitrogen and oxygen atoms in total. The third kappa shape index (κ3) is 5.95. The number of rotatable bonds is 6. The number of carbonyl (C=O) groups excluding carboxylic acids is 1. The smallest absolute Gasteiger partial charge is 0.456 e. The van der Waals surface area contributed by atoms with E-state index in [0.717, 1.165) is 17.5 Å². The van der Waals surface area contributed by atoms with Crippen molar-refractivity contribution in [2.75, 3.05) is 0 Å². The van der Waals surface area contributed by atoms with Gasteiger partial charge in [0.25, 0.3) is 0 Å². The number of hydrogen-bond acceptors (Lipinski definition) is 3. The van der Waals surface area contributed by atoms with E-state index >= 15 is 0 Å². The van der Waals surface area contributed by atoms with E-state index in [9.17, 15) is 26.7 Å². The molecule has 2 aromatic rings. The quantitative estimate of drug-likeness (QED) is 0.378. The van der Waals surface area contributed by atoms with Crippen molar-refractivity contribution in [2.24, 2.45) is 0 Å². The zero-order chi connectivity index (χ0) is 22.6. The fraction of sp³-hybridized carbons (Fsp3) is 0.435. The molecule has 0 radical (unpaired) electrons. The molecule has 1 aliphatic carbocycles. The van der Waals surface area contributed by atoms with E-state index in [2.05, 4.69) is 4.74 Å². The van der Waals surface area contributed by atoms with Crippen molar-refractivity contribution in [1.29, 1.82) is 0 Å². The van der Waals surface area contributed by atoms with Crippen LogP contribution in [0.5, 0.6) is 5.75 Å². The minimum atomic E-state index is -4.99. The van der Waals surface area contributed by atoms with Gasteiger partial charge in [0.15, 0.2) is 0 Å². The number of benzene rings is 2. The molecule has 0 aliphatic heterocycles. The van der Waals surface area contributed by atoms with Crippen LogP contribution in [0.4, 0.5) is 22.0 Å². The molecule has 0 saturated heterocycles. The van der Waals surface area contributed by atoms with Crippen LogP contribution in [0.2, 0.25) is 0 Å². The summed E-state index contributed by atoms with van der Waals surface area (Å²) in [6.45, 7) is 1.94. The minimum Gasteiger partial charge on any atom is -0.456 e. The Morgan fingerprint density at radius 1 is 0.903 bits per heavy atom. The number of esters is 1. The highest BCUT2D eigenvalue weighted by atomic mass is 19.4. The lowest BCUT2D eigenvalue weighted by Gasteiger charge is -2.29. The highest BCUT2D eigenvalue weighted by Crippen LogP contribution is 2.37. The molecule has 3 rings (SSSR count). The average molecular weight is 442 g/mol. The Hall–Kier alpha value is -2.64. The zero-order valence-electron chi connectivity index (χ0n) is 16.9. The first-order valence-electron chi connectivity index (χ1n) is 10.1. The third-order valence-electron chi connectivity index (χ3n) is 5.48. The van der Waals surface area contributed by atoms with Crippen LogP contribution in [0, 0.1) is 0 Å². The van der Waals surface area contributed by atoms with Crippen molar-refractivity contribution in [3.8, 4) is 5.75 Å². The largest absolute Gasteiger partial charge is 0.490 e. The molecule has 0 spiro atoms. The topological polar surface area (TPSA) is 35.5 Å². The van der Waals surface area contributed by atoms with Gasteiger partial charge in [0.05, 0.1) is 5.56 Å². The molecule has 1 fully saturated rings.